The van der Waals surface area contributed by atoms with Crippen LogP contribution in [0.1, 0.15) is 123 Å². The van der Waals surface area contributed by atoms with Gasteiger partial charge >= 0.3 is 0 Å². The predicted molar refractivity (Wildman–Crippen MR) is 470 cm³/mol. The number of aromatic nitrogens is 2. The van der Waals surface area contributed by atoms with Crippen LogP contribution in [0.15, 0.2) is 105 Å². The van der Waals surface area contributed by atoms with Gasteiger partial charge in [0, 0.05) is 309 Å². The Kier molecular flexibility index (Phi) is 69.2. The quantitative estimate of drug-likeness (QED) is 0.0136. The Morgan fingerprint density at radius 2 is 0.960 bits per heavy atom. The Morgan fingerprint density at radius 3 is 1.42 bits per heavy atom. The summed E-state index contributed by atoms with van der Waals surface area (Å²) in [5.74, 6) is 6.58. The maximum Gasteiger partial charge on any atom is 0.229 e. The van der Waals surface area contributed by atoms with E-state index in [0.29, 0.717) is 63.5 Å². The van der Waals surface area contributed by atoms with E-state index >= 15 is 0 Å². The van der Waals surface area contributed by atoms with Crippen LogP contribution in [0.2, 0.25) is 40.7 Å². The molecule has 7 aliphatic rings. The minimum Gasteiger partial charge on any atom is -0.665 e. The summed E-state index contributed by atoms with van der Waals surface area (Å²) in [6.45, 7) is 46.9. The van der Waals surface area contributed by atoms with E-state index in [0.717, 1.165) is 97.1 Å². The van der Waals surface area contributed by atoms with Gasteiger partial charge in [0.2, 0.25) is 36.3 Å². The van der Waals surface area contributed by atoms with E-state index in [2.05, 4.69) is 119 Å². The standard InChI is InChI=1S/C15H17BNO.C14H15BNO2.C14H15BNO.C13H15BNO2.C12H14BN2OS.C11H12BN2OS2.C11H13BNO2.7Y/c1-3-10-5-4-6-11(7-10)8-12-13(17-2)9-14(18)15(12)16;1-16-12-8-13(17)14(15)11(12)7-9-4-3-5-10(6-9)18-2;1-16-12-9-13(17)14(15)11(12)8-7-10-5-3-2-4-6-10;14-13-11(9(8-15)7-12(13)16)5-1-3-10-4-2-6-17-10;1-14-9-7-10(16)12(13)8(9)3-2-4-11-15-5-6-17-11;1-13-8-6-9(15)10(12)7(8)2-4-16-11-14-3-5-17-11;1-13-9-7-10(14)11(12)8(9)5-3-4-6-15-2;;;;;;;/h4-7,12-15,18H,1,3,8-9H2;3-6,11-14,17H,2,7-8H2;3-6,11-14,17H,7-9H2;2,4,9,11-13,16H,1,3,5,7H2;5,8-10,12,16H,2-4,7H2;5,7-10,15H,2,4,6H2;8-11,14H,2,5-7H2;;;;;;;/q7*-1;;;;;;;. The van der Waals surface area contributed by atoms with Crippen LogP contribution in [0.3, 0.4) is 0 Å². The van der Waals surface area contributed by atoms with Crippen LogP contribution >= 0.6 is 34.4 Å². The molecule has 3 aromatic heterocycles. The molecule has 6 aromatic rings. The number of thioether (sulfide) groups is 1. The van der Waals surface area contributed by atoms with Gasteiger partial charge in [0.15, 0.2) is 0 Å². The molecule has 19 nitrogen and oxygen atoms in total. The van der Waals surface area contributed by atoms with Crippen LogP contribution in [0.5, 0.6) is 5.75 Å². The zero-order valence-corrected chi connectivity index (χ0v) is 93.6. The molecule has 0 spiro atoms. The molecule has 13 rings (SSSR count). The molecule has 7 saturated carbocycles. The van der Waals surface area contributed by atoms with Gasteiger partial charge in [-0.15, -0.1) is 18.2 Å². The van der Waals surface area contributed by atoms with Crippen LogP contribution in [0.4, 0.5) is 0 Å². The second-order valence-corrected chi connectivity index (χ2v) is 34.5. The molecular formula is C90H101B7N9O10S3Y7-7. The Balaban J connectivity index is 0.00000143. The van der Waals surface area contributed by atoms with Gasteiger partial charge in [-0.1, -0.05) is 102 Å². The fourth-order valence-electron chi connectivity index (χ4n) is 17.0. The van der Waals surface area contributed by atoms with Crippen molar-refractivity contribution in [3.05, 3.63) is 243 Å². The molecule has 0 saturated heterocycles. The normalized spacial score (nSPS) is 30.4. The maximum atomic E-state index is 9.77. The monoisotopic (exact) mass is 2260 g/mol. The molecule has 633 valence electrons. The average molecular weight is 2260 g/mol. The summed E-state index contributed by atoms with van der Waals surface area (Å²) in [5, 5.41) is 82.6. The largest absolute Gasteiger partial charge is 0.665 e. The van der Waals surface area contributed by atoms with Crippen molar-refractivity contribution < 1.29 is 279 Å². The van der Waals surface area contributed by atoms with Crippen molar-refractivity contribution >= 4 is 89.4 Å². The molecule has 21 radical (unpaired) electrons. The molecule has 7 aliphatic carbocycles. The van der Waals surface area contributed by atoms with Gasteiger partial charge in [0.05, 0.1) is 122 Å². The van der Waals surface area contributed by atoms with Crippen LogP contribution in [0.25, 0.3) is 29.1 Å². The van der Waals surface area contributed by atoms with E-state index < -0.39 is 42.7 Å². The third kappa shape index (κ3) is 40.3. The summed E-state index contributed by atoms with van der Waals surface area (Å²) in [4.78, 5) is 29.6. The molecule has 28 atom stereocenters. The number of ether oxygens (including phenoxy) is 2. The van der Waals surface area contributed by atoms with Gasteiger partial charge in [-0.2, -0.15) is 77.9 Å². The fraction of sp³-hybridized carbons (Fsp3) is 0.556. The predicted octanol–water partition coefficient (Wildman–Crippen LogP) is 12.9. The number of aryl methyl sites for hydroxylation is 3. The van der Waals surface area contributed by atoms with Crippen LogP contribution in [-0.4, -0.2) is 192 Å². The maximum absolute atomic E-state index is 9.77. The topological polar surface area (TPSA) is 249 Å². The number of nitrogens with zero attached hydrogens (tertiary/aromatic N) is 9. The van der Waals surface area contributed by atoms with Crippen molar-refractivity contribution in [1.29, 1.82) is 5.26 Å². The summed E-state index contributed by atoms with van der Waals surface area (Å²) in [7, 11) is 48.1. The molecule has 28 unspecified atom stereocenters. The molecule has 0 amide bonds. The first-order chi connectivity index (χ1) is 57.4. The summed E-state index contributed by atoms with van der Waals surface area (Å²) in [5.41, 5.74) is 4.67. The molecule has 7 N–H and O–H groups in total. The Morgan fingerprint density at radius 1 is 0.516 bits per heavy atom. The second-order valence-electron chi connectivity index (χ2n) is 31.4. The number of aliphatic hydroxyl groups excluding tert-OH is 7. The van der Waals surface area contributed by atoms with Crippen molar-refractivity contribution in [2.75, 3.05) is 12.4 Å². The van der Waals surface area contributed by atoms with E-state index in [-0.39, 0.29) is 360 Å². The Bertz CT molecular complexity index is 4080. The van der Waals surface area contributed by atoms with Crippen molar-refractivity contribution in [2.24, 2.45) is 47.3 Å². The van der Waals surface area contributed by atoms with Gasteiger partial charge < -0.3 is 107 Å². The Labute approximate surface area is 948 Å². The first-order valence-electron chi connectivity index (χ1n) is 40.4. The van der Waals surface area contributed by atoms with E-state index in [4.69, 9.17) is 109 Å². The van der Waals surface area contributed by atoms with E-state index in [9.17, 15) is 35.7 Å². The molecular weight excluding hydrogens is 2160 g/mol. The van der Waals surface area contributed by atoms with Crippen LogP contribution < -0.4 is 4.74 Å². The number of aliphatic hydroxyl groups is 7. The molecule has 3 aromatic carbocycles. The number of benzene rings is 3. The number of nitriles is 1. The van der Waals surface area contributed by atoms with E-state index in [1.807, 2.05) is 72.1 Å². The van der Waals surface area contributed by atoms with Gasteiger partial charge in [-0.05, 0) is 131 Å². The number of rotatable bonds is 23. The van der Waals surface area contributed by atoms with Crippen LogP contribution in [-0.2, 0) is 272 Å². The molecule has 7 fully saturated rings. The second kappa shape index (κ2) is 69.1. The molecule has 36 heteroatoms. The minimum atomic E-state index is -0.569. The molecule has 3 heterocycles. The average Bonchev–Trinajstić information content (AvgIpc) is 1.69. The van der Waals surface area contributed by atoms with E-state index in [1.54, 1.807) is 35.4 Å². The molecule has 0 bridgehead atoms. The first-order valence-corrected chi connectivity index (χ1v) is 43.1. The zero-order valence-electron chi connectivity index (χ0n) is 71.3. The molecule has 0 aliphatic heterocycles. The van der Waals surface area contributed by atoms with Gasteiger partial charge in [-0.3, -0.25) is 0 Å². The third-order valence-corrected chi connectivity index (χ3v) is 26.7. The molecule has 126 heavy (non-hydrogen) atoms. The zero-order chi connectivity index (χ0) is 86.5. The SMILES string of the molecule is [B]C1C(O)CC(C#N)C1CCCc1cc[c-]o1.[B]C1C(O)CC([N+]#[C-])C1CC#CCO[CH2-].[B]C1C(O)CC([N+]#[C-])C1CCCc1nc[c-]s1.[B]C1C(O)CC([N+]#[C-])C1CCSc1n[c-]cs1.[B]C1C(O)CC([N+]#[C-])C1CCc1cc[c-]cc1.[B]C1C(O)CC([N+]#[C-])C1Cc1cccc(C[CH2-])c1.[B]C1C(O)CC([N+]#[C-])C1Cc1cccc(O[CH2-])c1.[Y].[Y].[Y].[Y].[Y].[Y].[Y]. The van der Waals surface area contributed by atoms with E-state index in [1.165, 1.54) is 28.0 Å². The number of hydrogen-bond donors (Lipinski definition) is 7. The van der Waals surface area contributed by atoms with Crippen molar-refractivity contribution in [2.45, 2.75) is 252 Å². The smallest absolute Gasteiger partial charge is 0.229 e. The number of furan rings is 1. The first kappa shape index (κ1) is 126. The fourth-order valence-corrected chi connectivity index (χ4v) is 19.2. The van der Waals surface area contributed by atoms with Crippen LogP contribution in [0, 0.1) is 155 Å². The summed E-state index contributed by atoms with van der Waals surface area (Å²) < 4.78 is 15.6. The number of hydrogen-bond acceptors (Lipinski definition) is 16. The van der Waals surface area contributed by atoms with Gasteiger partial charge in [0.1, 0.15) is 0 Å². The van der Waals surface area contributed by atoms with Crippen molar-refractivity contribution in [3.8, 4) is 23.7 Å². The van der Waals surface area contributed by atoms with Gasteiger partial charge in [0.25, 0.3) is 0 Å². The third-order valence-electron chi connectivity index (χ3n) is 24.0. The minimum absolute atomic E-state index is 0. The Hall–Kier alpha value is 0.202. The van der Waals surface area contributed by atoms with Crippen molar-refractivity contribution in [3.63, 3.8) is 0 Å². The summed E-state index contributed by atoms with van der Waals surface area (Å²) in [6, 6.07) is 31.6. The van der Waals surface area contributed by atoms with Gasteiger partial charge in [-0.25, -0.2) is 57.9 Å². The summed E-state index contributed by atoms with van der Waals surface area (Å²) in [6.07, 6.45) is 17.7. The number of thiazole rings is 2. The van der Waals surface area contributed by atoms with Crippen molar-refractivity contribution in [1.82, 2.24) is 9.97 Å². The summed E-state index contributed by atoms with van der Waals surface area (Å²) >= 11 is 4.77.